The van der Waals surface area contributed by atoms with Crippen LogP contribution in [0.1, 0.15) is 0 Å². The summed E-state index contributed by atoms with van der Waals surface area (Å²) in [6, 6.07) is 8.25. The van der Waals surface area contributed by atoms with Crippen LogP contribution in [0, 0.1) is 0 Å². The topological polar surface area (TPSA) is 47.7 Å². The molecule has 0 radical (unpaired) electrons. The molecule has 0 saturated heterocycles. The lowest BCUT2D eigenvalue weighted by Crippen LogP contribution is -2.30. The molecule has 2 N–H and O–H groups in total. The minimum absolute atomic E-state index is 0.682. The molecule has 5 heteroatoms. The van der Waals surface area contributed by atoms with E-state index >= 15 is 0 Å². The van der Waals surface area contributed by atoms with Gasteiger partial charge in [0.1, 0.15) is 0 Å². The van der Waals surface area contributed by atoms with E-state index in [1.165, 1.54) is 0 Å². The summed E-state index contributed by atoms with van der Waals surface area (Å²) in [7, 11) is 3.43. The number of hydrogen-bond donors (Lipinski definition) is 1. The summed E-state index contributed by atoms with van der Waals surface area (Å²) in [5.74, 6) is 0. The standard InChI is InChI=1S/C16H22N2O2S/c1-19-8-6-18(7-9-20-2)14-3-4-16(17)15(11-14)13-5-10-21-12-13/h3-5,10-12H,6-9,17H2,1-2H3. The van der Waals surface area contributed by atoms with Crippen LogP contribution in [0.15, 0.2) is 35.0 Å². The number of benzene rings is 1. The van der Waals surface area contributed by atoms with E-state index in [9.17, 15) is 0 Å². The van der Waals surface area contributed by atoms with Crippen LogP contribution in [0.4, 0.5) is 11.4 Å². The highest BCUT2D eigenvalue weighted by atomic mass is 32.1. The van der Waals surface area contributed by atoms with E-state index in [1.54, 1.807) is 25.6 Å². The fourth-order valence-electron chi connectivity index (χ4n) is 2.18. The van der Waals surface area contributed by atoms with E-state index in [4.69, 9.17) is 15.2 Å². The van der Waals surface area contributed by atoms with Gasteiger partial charge in [0.25, 0.3) is 0 Å². The maximum Gasteiger partial charge on any atom is 0.0637 e. The molecule has 0 atom stereocenters. The lowest BCUT2D eigenvalue weighted by Gasteiger charge is -2.25. The summed E-state index contributed by atoms with van der Waals surface area (Å²) in [4.78, 5) is 2.25. The number of nitrogen functional groups attached to an aromatic ring is 1. The fraction of sp³-hybridized carbons (Fsp3) is 0.375. The molecule has 0 aliphatic carbocycles. The first-order valence-electron chi connectivity index (χ1n) is 6.91. The molecule has 4 nitrogen and oxygen atoms in total. The van der Waals surface area contributed by atoms with Gasteiger partial charge in [0.15, 0.2) is 0 Å². The van der Waals surface area contributed by atoms with Crippen LogP contribution in [0.3, 0.4) is 0 Å². The molecule has 0 saturated carbocycles. The van der Waals surface area contributed by atoms with Crippen LogP contribution >= 0.6 is 11.3 Å². The van der Waals surface area contributed by atoms with E-state index in [0.717, 1.165) is 35.6 Å². The van der Waals surface area contributed by atoms with Gasteiger partial charge in [-0.05, 0) is 40.6 Å². The van der Waals surface area contributed by atoms with Crippen molar-refractivity contribution in [3.63, 3.8) is 0 Å². The highest BCUT2D eigenvalue weighted by Gasteiger charge is 2.10. The van der Waals surface area contributed by atoms with Crippen molar-refractivity contribution < 1.29 is 9.47 Å². The molecule has 1 aromatic carbocycles. The molecule has 2 aromatic rings. The predicted molar refractivity (Wildman–Crippen MR) is 90.1 cm³/mol. The first-order chi connectivity index (χ1) is 10.3. The molecule has 114 valence electrons. The van der Waals surface area contributed by atoms with Gasteiger partial charge in [-0.15, -0.1) is 0 Å². The highest BCUT2D eigenvalue weighted by Crippen LogP contribution is 2.31. The summed E-state index contributed by atoms with van der Waals surface area (Å²) in [6.07, 6.45) is 0. The predicted octanol–water partition coefficient (Wildman–Crippen LogP) is 3.10. The van der Waals surface area contributed by atoms with Crippen molar-refractivity contribution in [1.82, 2.24) is 0 Å². The molecule has 0 aliphatic rings. The van der Waals surface area contributed by atoms with E-state index in [-0.39, 0.29) is 0 Å². The quantitative estimate of drug-likeness (QED) is 0.761. The average Bonchev–Trinajstić information content (AvgIpc) is 3.02. The Hall–Kier alpha value is -1.56. The Balaban J connectivity index is 2.25. The number of rotatable bonds is 8. The molecule has 0 unspecified atom stereocenters. The minimum Gasteiger partial charge on any atom is -0.398 e. The number of thiophene rings is 1. The van der Waals surface area contributed by atoms with Crippen molar-refractivity contribution >= 4 is 22.7 Å². The van der Waals surface area contributed by atoms with Crippen LogP contribution in [0.5, 0.6) is 0 Å². The van der Waals surface area contributed by atoms with Gasteiger partial charge in [-0.1, -0.05) is 0 Å². The van der Waals surface area contributed by atoms with Crippen molar-refractivity contribution in [3.8, 4) is 11.1 Å². The molecule has 0 spiro atoms. The third kappa shape index (κ3) is 4.20. The normalized spacial score (nSPS) is 10.8. The van der Waals surface area contributed by atoms with Crippen molar-refractivity contribution in [3.05, 3.63) is 35.0 Å². The molecule has 0 aliphatic heterocycles. The summed E-state index contributed by atoms with van der Waals surface area (Å²) in [6.45, 7) is 3.02. The van der Waals surface area contributed by atoms with E-state index < -0.39 is 0 Å². The van der Waals surface area contributed by atoms with Crippen LogP contribution in [-0.4, -0.2) is 40.5 Å². The smallest absolute Gasteiger partial charge is 0.0637 e. The maximum atomic E-state index is 6.12. The number of nitrogens with two attached hydrogens (primary N) is 1. The molecule has 0 amide bonds. The Labute approximate surface area is 130 Å². The van der Waals surface area contributed by atoms with Crippen LogP contribution in [0.2, 0.25) is 0 Å². The Kier molecular flexibility index (Phi) is 6.04. The Morgan fingerprint density at radius 3 is 2.38 bits per heavy atom. The molecule has 0 fully saturated rings. The molecule has 1 aromatic heterocycles. The minimum atomic E-state index is 0.682. The van der Waals surface area contributed by atoms with Crippen molar-refractivity contribution in [2.75, 3.05) is 51.2 Å². The van der Waals surface area contributed by atoms with Gasteiger partial charge in [-0.2, -0.15) is 11.3 Å². The largest absolute Gasteiger partial charge is 0.398 e. The number of methoxy groups -OCH3 is 2. The van der Waals surface area contributed by atoms with Gasteiger partial charge < -0.3 is 20.1 Å². The van der Waals surface area contributed by atoms with Gasteiger partial charge in [0, 0.05) is 44.2 Å². The number of hydrogen-bond acceptors (Lipinski definition) is 5. The van der Waals surface area contributed by atoms with Gasteiger partial charge >= 0.3 is 0 Å². The van der Waals surface area contributed by atoms with Crippen LogP contribution in [0.25, 0.3) is 11.1 Å². The molecular formula is C16H22N2O2S. The molecular weight excluding hydrogens is 284 g/mol. The Bertz CT molecular complexity index is 535. The zero-order chi connectivity index (χ0) is 15.1. The van der Waals surface area contributed by atoms with E-state index in [2.05, 4.69) is 33.9 Å². The summed E-state index contributed by atoms with van der Waals surface area (Å²) in [5, 5.41) is 4.18. The lowest BCUT2D eigenvalue weighted by atomic mass is 10.1. The SMILES string of the molecule is COCCN(CCOC)c1ccc(N)c(-c2ccsc2)c1. The first kappa shape index (κ1) is 15.8. The monoisotopic (exact) mass is 306 g/mol. The summed E-state index contributed by atoms with van der Waals surface area (Å²) >= 11 is 1.68. The number of anilines is 2. The third-order valence-corrected chi connectivity index (χ3v) is 4.05. The fourth-order valence-corrected chi connectivity index (χ4v) is 2.84. The maximum absolute atomic E-state index is 6.12. The van der Waals surface area contributed by atoms with E-state index in [0.29, 0.717) is 13.2 Å². The second-order valence-corrected chi connectivity index (χ2v) is 5.54. The summed E-state index contributed by atoms with van der Waals surface area (Å²) in [5.41, 5.74) is 10.3. The molecule has 1 heterocycles. The Morgan fingerprint density at radius 2 is 1.81 bits per heavy atom. The zero-order valence-electron chi connectivity index (χ0n) is 12.5. The number of nitrogens with zero attached hydrogens (tertiary/aromatic N) is 1. The second kappa shape index (κ2) is 8.02. The highest BCUT2D eigenvalue weighted by molar-refractivity contribution is 7.08. The third-order valence-electron chi connectivity index (χ3n) is 3.36. The average molecular weight is 306 g/mol. The molecule has 2 rings (SSSR count). The van der Waals surface area contributed by atoms with Crippen molar-refractivity contribution in [2.24, 2.45) is 0 Å². The summed E-state index contributed by atoms with van der Waals surface area (Å²) < 4.78 is 10.4. The lowest BCUT2D eigenvalue weighted by molar-refractivity contribution is 0.190. The first-order valence-corrected chi connectivity index (χ1v) is 7.85. The Morgan fingerprint density at radius 1 is 1.10 bits per heavy atom. The van der Waals surface area contributed by atoms with Crippen molar-refractivity contribution in [2.45, 2.75) is 0 Å². The van der Waals surface area contributed by atoms with Crippen LogP contribution in [-0.2, 0) is 9.47 Å². The second-order valence-electron chi connectivity index (χ2n) is 4.76. The molecule has 21 heavy (non-hydrogen) atoms. The van der Waals surface area contributed by atoms with Crippen molar-refractivity contribution in [1.29, 1.82) is 0 Å². The van der Waals surface area contributed by atoms with Crippen LogP contribution < -0.4 is 10.6 Å². The zero-order valence-corrected chi connectivity index (χ0v) is 13.4. The molecule has 0 bridgehead atoms. The van der Waals surface area contributed by atoms with Gasteiger partial charge in [-0.25, -0.2) is 0 Å². The van der Waals surface area contributed by atoms with E-state index in [1.807, 2.05) is 6.07 Å². The van der Waals surface area contributed by atoms with Gasteiger partial charge in [0.2, 0.25) is 0 Å². The number of ether oxygens (including phenoxy) is 2. The van der Waals surface area contributed by atoms with Gasteiger partial charge in [-0.3, -0.25) is 0 Å². The van der Waals surface area contributed by atoms with Gasteiger partial charge in [0.05, 0.1) is 13.2 Å².